The fraction of sp³-hybridized carbons (Fsp3) is 0.737. The summed E-state index contributed by atoms with van der Waals surface area (Å²) in [6.07, 6.45) is 8.15. The Labute approximate surface area is 185 Å². The van der Waals surface area contributed by atoms with Crippen LogP contribution in [0, 0.1) is 0 Å². The zero-order chi connectivity index (χ0) is 19.1. The van der Waals surface area contributed by atoms with Gasteiger partial charge in [0.05, 0.1) is 11.5 Å². The van der Waals surface area contributed by atoms with Gasteiger partial charge in [0, 0.05) is 38.6 Å². The molecule has 0 radical (unpaired) electrons. The molecule has 1 saturated carbocycles. The van der Waals surface area contributed by atoms with E-state index in [-0.39, 0.29) is 35.3 Å². The highest BCUT2D eigenvalue weighted by Crippen LogP contribution is 2.22. The summed E-state index contributed by atoms with van der Waals surface area (Å²) in [4.78, 5) is 6.78. The maximum atomic E-state index is 12.8. The third kappa shape index (κ3) is 6.62. The predicted molar refractivity (Wildman–Crippen MR) is 123 cm³/mol. The van der Waals surface area contributed by atoms with Gasteiger partial charge in [-0.2, -0.15) is 0 Å². The van der Waals surface area contributed by atoms with Crippen LogP contribution >= 0.6 is 24.0 Å². The molecule has 160 valence electrons. The van der Waals surface area contributed by atoms with Crippen molar-refractivity contribution in [3.05, 3.63) is 24.2 Å². The highest BCUT2D eigenvalue weighted by molar-refractivity contribution is 14.0. The predicted octanol–water partition coefficient (Wildman–Crippen LogP) is 2.73. The first-order valence-corrected chi connectivity index (χ1v) is 11.7. The maximum Gasteiger partial charge on any atom is 0.216 e. The molecule has 2 aliphatic rings. The minimum absolute atomic E-state index is 0. The molecule has 0 bridgehead atoms. The Bertz CT molecular complexity index is 703. The number of halogens is 1. The molecule has 28 heavy (non-hydrogen) atoms. The zero-order valence-electron chi connectivity index (χ0n) is 16.6. The van der Waals surface area contributed by atoms with Gasteiger partial charge in [0.25, 0.3) is 0 Å². The fourth-order valence-electron chi connectivity index (χ4n) is 3.91. The van der Waals surface area contributed by atoms with Gasteiger partial charge >= 0.3 is 0 Å². The molecule has 2 heterocycles. The van der Waals surface area contributed by atoms with Crippen LogP contribution in [-0.4, -0.2) is 56.7 Å². The summed E-state index contributed by atoms with van der Waals surface area (Å²) in [7, 11) is -3.29. The van der Waals surface area contributed by atoms with Crippen LogP contribution < -0.4 is 10.0 Å². The van der Waals surface area contributed by atoms with Crippen molar-refractivity contribution >= 4 is 40.0 Å². The van der Waals surface area contributed by atoms with Crippen LogP contribution in [0.4, 0.5) is 0 Å². The summed E-state index contributed by atoms with van der Waals surface area (Å²) >= 11 is 0. The second-order valence-electron chi connectivity index (χ2n) is 7.42. The van der Waals surface area contributed by atoms with Crippen LogP contribution in [0.1, 0.15) is 51.2 Å². The molecule has 9 heteroatoms. The topological polar surface area (TPSA) is 86.9 Å². The molecule has 1 saturated heterocycles. The van der Waals surface area contributed by atoms with Crippen LogP contribution in [0.25, 0.3) is 0 Å². The molecule has 7 nitrogen and oxygen atoms in total. The van der Waals surface area contributed by atoms with Crippen molar-refractivity contribution in [1.29, 1.82) is 0 Å². The van der Waals surface area contributed by atoms with E-state index in [2.05, 4.69) is 19.9 Å². The minimum atomic E-state index is -3.29. The van der Waals surface area contributed by atoms with Crippen molar-refractivity contribution in [3.8, 4) is 0 Å². The molecule has 3 rings (SSSR count). The van der Waals surface area contributed by atoms with E-state index in [0.29, 0.717) is 19.5 Å². The summed E-state index contributed by atoms with van der Waals surface area (Å²) in [5.74, 6) is 1.71. The highest BCUT2D eigenvalue weighted by atomic mass is 127. The Morgan fingerprint density at radius 2 is 2.07 bits per heavy atom. The summed E-state index contributed by atoms with van der Waals surface area (Å²) < 4.78 is 34.0. The minimum Gasteiger partial charge on any atom is -0.469 e. The number of aliphatic imine (C=N–C) groups is 1. The largest absolute Gasteiger partial charge is 0.469 e. The third-order valence-electron chi connectivity index (χ3n) is 5.34. The van der Waals surface area contributed by atoms with E-state index in [1.54, 1.807) is 6.26 Å². The smallest absolute Gasteiger partial charge is 0.216 e. The third-order valence-corrected chi connectivity index (χ3v) is 7.26. The van der Waals surface area contributed by atoms with Gasteiger partial charge < -0.3 is 14.6 Å². The summed E-state index contributed by atoms with van der Waals surface area (Å²) in [6.45, 7) is 4.73. The zero-order valence-corrected chi connectivity index (χ0v) is 19.7. The lowest BCUT2D eigenvalue weighted by molar-refractivity contribution is 0.329. The number of piperidine rings is 1. The first kappa shape index (κ1) is 23.5. The number of hydrogen-bond acceptors (Lipinski definition) is 4. The molecular weight excluding hydrogens is 491 g/mol. The van der Waals surface area contributed by atoms with E-state index in [4.69, 9.17) is 4.42 Å². The lowest BCUT2D eigenvalue weighted by Crippen LogP contribution is -2.52. The van der Waals surface area contributed by atoms with Crippen molar-refractivity contribution in [2.24, 2.45) is 4.99 Å². The number of likely N-dealkylation sites (tertiary alicyclic amines) is 1. The van der Waals surface area contributed by atoms with Crippen molar-refractivity contribution in [1.82, 2.24) is 14.9 Å². The molecule has 2 N–H and O–H groups in total. The normalized spacial score (nSPS) is 21.5. The van der Waals surface area contributed by atoms with E-state index in [0.717, 1.165) is 63.3 Å². The van der Waals surface area contributed by atoms with E-state index in [9.17, 15) is 8.42 Å². The standard InChI is InChI=1S/C19H32N4O3S.HI/c1-2-20-19(21-12-11-17-9-6-14-26-17)23-13-5-10-18(15-23)27(24,25)22-16-7-3-4-8-16;/h6,9,14,16,18,22H,2-5,7-8,10-13,15H2,1H3,(H,20,21);1H. The summed E-state index contributed by atoms with van der Waals surface area (Å²) in [5, 5.41) is 2.93. The second kappa shape index (κ2) is 11.4. The van der Waals surface area contributed by atoms with Gasteiger partial charge in [-0.1, -0.05) is 12.8 Å². The van der Waals surface area contributed by atoms with Crippen LogP contribution in [0.15, 0.2) is 27.8 Å². The summed E-state index contributed by atoms with van der Waals surface area (Å²) in [5.41, 5.74) is 0. The van der Waals surface area contributed by atoms with Gasteiger partial charge in [-0.3, -0.25) is 4.99 Å². The molecule has 1 atom stereocenters. The molecule has 0 amide bonds. The Kier molecular flexibility index (Phi) is 9.55. The average Bonchev–Trinajstić information content (AvgIpc) is 3.35. The van der Waals surface area contributed by atoms with Crippen molar-refractivity contribution in [2.75, 3.05) is 26.2 Å². The van der Waals surface area contributed by atoms with Gasteiger partial charge in [0.2, 0.25) is 10.0 Å². The number of nitrogens with zero attached hydrogens (tertiary/aromatic N) is 2. The Morgan fingerprint density at radius 3 is 2.75 bits per heavy atom. The number of nitrogens with one attached hydrogen (secondary N) is 2. The Morgan fingerprint density at radius 1 is 1.29 bits per heavy atom. The van der Waals surface area contributed by atoms with Gasteiger partial charge in [-0.25, -0.2) is 13.1 Å². The summed E-state index contributed by atoms with van der Waals surface area (Å²) in [6, 6.07) is 3.95. The molecule has 0 spiro atoms. The molecule has 1 aromatic rings. The van der Waals surface area contributed by atoms with Crippen LogP contribution in [-0.2, 0) is 16.4 Å². The van der Waals surface area contributed by atoms with Gasteiger partial charge in [-0.15, -0.1) is 24.0 Å². The van der Waals surface area contributed by atoms with Crippen molar-refractivity contribution in [3.63, 3.8) is 0 Å². The molecule has 0 aromatic carbocycles. The molecule has 2 fully saturated rings. The molecule has 1 aliphatic carbocycles. The van der Waals surface area contributed by atoms with Gasteiger partial charge in [0.15, 0.2) is 5.96 Å². The van der Waals surface area contributed by atoms with E-state index in [1.165, 1.54) is 0 Å². The number of sulfonamides is 1. The quantitative estimate of drug-likeness (QED) is 0.326. The van der Waals surface area contributed by atoms with Crippen LogP contribution in [0.3, 0.4) is 0 Å². The molecule has 1 aromatic heterocycles. The first-order valence-electron chi connectivity index (χ1n) is 10.2. The number of guanidine groups is 1. The number of hydrogen-bond donors (Lipinski definition) is 2. The highest BCUT2D eigenvalue weighted by Gasteiger charge is 2.34. The monoisotopic (exact) mass is 524 g/mol. The number of furan rings is 1. The molecule has 1 unspecified atom stereocenters. The van der Waals surface area contributed by atoms with Gasteiger partial charge in [0.1, 0.15) is 5.76 Å². The van der Waals surface area contributed by atoms with Gasteiger partial charge in [-0.05, 0) is 44.7 Å². The van der Waals surface area contributed by atoms with Crippen LogP contribution in [0.2, 0.25) is 0 Å². The van der Waals surface area contributed by atoms with E-state index >= 15 is 0 Å². The fourth-order valence-corrected chi connectivity index (χ4v) is 5.65. The molecule has 1 aliphatic heterocycles. The average molecular weight is 524 g/mol. The molecular formula is C19H33IN4O3S. The second-order valence-corrected chi connectivity index (χ2v) is 9.41. The lowest BCUT2D eigenvalue weighted by atomic mass is 10.1. The van der Waals surface area contributed by atoms with Crippen molar-refractivity contribution < 1.29 is 12.8 Å². The lowest BCUT2D eigenvalue weighted by Gasteiger charge is -2.35. The van der Waals surface area contributed by atoms with Crippen LogP contribution in [0.5, 0.6) is 0 Å². The van der Waals surface area contributed by atoms with E-state index < -0.39 is 10.0 Å². The Balaban J connectivity index is 0.00000280. The van der Waals surface area contributed by atoms with Crippen molar-refractivity contribution in [2.45, 2.75) is 63.2 Å². The SMILES string of the molecule is CCNC(=NCCc1ccco1)N1CCCC(S(=O)(=O)NC2CCCC2)C1.I. The number of rotatable bonds is 7. The Hall–Kier alpha value is -0.810. The van der Waals surface area contributed by atoms with E-state index in [1.807, 2.05) is 19.1 Å². The first-order chi connectivity index (χ1) is 13.1. The maximum absolute atomic E-state index is 12.8.